The summed E-state index contributed by atoms with van der Waals surface area (Å²) in [6.07, 6.45) is 6.23. The van der Waals surface area contributed by atoms with Gasteiger partial charge in [0.15, 0.2) is 5.76 Å². The molecule has 4 rings (SSSR count). The van der Waals surface area contributed by atoms with Crippen LogP contribution in [0.1, 0.15) is 68.5 Å². The SMILES string of the molecule is Cc1c(C(=O)N[C@@H]2CCCC[C@@H]2C)oc2ccc(S(=O)(=O)N3CCC(C)CC3)cc12. The van der Waals surface area contributed by atoms with Gasteiger partial charge in [0.05, 0.1) is 4.90 Å². The third-order valence-corrected chi connectivity index (χ3v) is 8.82. The predicted molar refractivity (Wildman–Crippen MR) is 117 cm³/mol. The lowest BCUT2D eigenvalue weighted by molar-refractivity contribution is 0.0883. The van der Waals surface area contributed by atoms with Crippen molar-refractivity contribution in [2.75, 3.05) is 13.1 Å². The minimum atomic E-state index is -3.54. The highest BCUT2D eigenvalue weighted by Gasteiger charge is 2.30. The zero-order valence-electron chi connectivity index (χ0n) is 18.1. The van der Waals surface area contributed by atoms with Gasteiger partial charge >= 0.3 is 0 Å². The molecule has 7 heteroatoms. The number of sulfonamides is 1. The first-order valence-electron chi connectivity index (χ1n) is 11.1. The summed E-state index contributed by atoms with van der Waals surface area (Å²) in [6, 6.07) is 5.07. The molecule has 2 heterocycles. The van der Waals surface area contributed by atoms with Crippen molar-refractivity contribution in [1.29, 1.82) is 0 Å². The van der Waals surface area contributed by atoms with Gasteiger partial charge in [-0.3, -0.25) is 4.79 Å². The molecule has 164 valence electrons. The number of furan rings is 1. The van der Waals surface area contributed by atoms with Crippen LogP contribution in [0.25, 0.3) is 11.0 Å². The summed E-state index contributed by atoms with van der Waals surface area (Å²) in [5.74, 6) is 1.08. The van der Waals surface area contributed by atoms with E-state index in [4.69, 9.17) is 4.42 Å². The molecule has 0 unspecified atom stereocenters. The number of carbonyl (C=O) groups excluding carboxylic acids is 1. The normalized spacial score (nSPS) is 24.2. The van der Waals surface area contributed by atoms with Crippen molar-refractivity contribution in [3.8, 4) is 0 Å². The third-order valence-electron chi connectivity index (χ3n) is 6.92. The Morgan fingerprint density at radius 2 is 1.80 bits per heavy atom. The number of rotatable bonds is 4. The van der Waals surface area contributed by atoms with Crippen LogP contribution < -0.4 is 5.32 Å². The molecule has 1 saturated carbocycles. The van der Waals surface area contributed by atoms with E-state index < -0.39 is 10.0 Å². The molecule has 6 nitrogen and oxygen atoms in total. The van der Waals surface area contributed by atoms with Crippen LogP contribution in [-0.2, 0) is 10.0 Å². The second kappa shape index (κ2) is 8.35. The fourth-order valence-corrected chi connectivity index (χ4v) is 6.21. The molecule has 0 radical (unpaired) electrons. The first-order chi connectivity index (χ1) is 14.3. The van der Waals surface area contributed by atoms with Crippen LogP contribution in [0, 0.1) is 18.8 Å². The summed E-state index contributed by atoms with van der Waals surface area (Å²) in [6.45, 7) is 7.27. The molecule has 1 N–H and O–H groups in total. The van der Waals surface area contributed by atoms with Crippen molar-refractivity contribution in [2.45, 2.75) is 70.2 Å². The number of carbonyl (C=O) groups is 1. The number of hydrogen-bond acceptors (Lipinski definition) is 4. The molecule has 1 aromatic heterocycles. The smallest absolute Gasteiger partial charge is 0.287 e. The van der Waals surface area contributed by atoms with Gasteiger partial charge in [-0.2, -0.15) is 4.31 Å². The quantitative estimate of drug-likeness (QED) is 0.773. The Hall–Kier alpha value is -1.86. The maximum Gasteiger partial charge on any atom is 0.287 e. The molecule has 1 aliphatic heterocycles. The molecular formula is C23H32N2O4S. The molecule has 1 saturated heterocycles. The zero-order chi connectivity index (χ0) is 21.5. The minimum Gasteiger partial charge on any atom is -0.451 e. The molecule has 0 bridgehead atoms. The average molecular weight is 433 g/mol. The summed E-state index contributed by atoms with van der Waals surface area (Å²) in [5.41, 5.74) is 1.23. The summed E-state index contributed by atoms with van der Waals surface area (Å²) in [7, 11) is -3.54. The van der Waals surface area contributed by atoms with Crippen molar-refractivity contribution in [3.63, 3.8) is 0 Å². The fraction of sp³-hybridized carbons (Fsp3) is 0.609. The number of fused-ring (bicyclic) bond motifs is 1. The van der Waals surface area contributed by atoms with Gasteiger partial charge in [0.1, 0.15) is 5.58 Å². The van der Waals surface area contributed by atoms with Gasteiger partial charge in [-0.15, -0.1) is 0 Å². The Kier molecular flexibility index (Phi) is 5.95. The van der Waals surface area contributed by atoms with Gasteiger partial charge in [-0.05, 0) is 62.6 Å². The number of aryl methyl sites for hydroxylation is 1. The second-order valence-corrected chi connectivity index (χ2v) is 11.1. The Bertz CT molecular complexity index is 1030. The van der Waals surface area contributed by atoms with Crippen LogP contribution in [0.4, 0.5) is 0 Å². The first kappa shape index (κ1) is 21.4. The van der Waals surface area contributed by atoms with Crippen LogP contribution in [0.2, 0.25) is 0 Å². The standard InChI is InChI=1S/C23H32N2O4S/c1-15-10-12-25(13-11-15)30(27,28)18-8-9-21-19(14-18)17(3)22(29-21)23(26)24-20-7-5-4-6-16(20)2/h8-9,14-16,20H,4-7,10-13H2,1-3H3,(H,24,26)/t16-,20+/m0/s1. The van der Waals surface area contributed by atoms with E-state index in [1.807, 2.05) is 6.92 Å². The van der Waals surface area contributed by atoms with Crippen molar-refractivity contribution in [3.05, 3.63) is 29.5 Å². The zero-order valence-corrected chi connectivity index (χ0v) is 18.9. The average Bonchev–Trinajstić information content (AvgIpc) is 3.06. The van der Waals surface area contributed by atoms with Crippen molar-refractivity contribution in [1.82, 2.24) is 9.62 Å². The van der Waals surface area contributed by atoms with Crippen molar-refractivity contribution in [2.24, 2.45) is 11.8 Å². The Morgan fingerprint density at radius 3 is 2.50 bits per heavy atom. The van der Waals surface area contributed by atoms with Gasteiger partial charge in [-0.25, -0.2) is 8.42 Å². The fourth-order valence-electron chi connectivity index (χ4n) is 4.72. The molecule has 2 fully saturated rings. The number of benzene rings is 1. The van der Waals surface area contributed by atoms with E-state index in [0.717, 1.165) is 32.1 Å². The Morgan fingerprint density at radius 1 is 1.10 bits per heavy atom. The molecule has 2 atom stereocenters. The third kappa shape index (κ3) is 4.02. The number of piperidine rings is 1. The number of nitrogens with zero attached hydrogens (tertiary/aromatic N) is 1. The van der Waals surface area contributed by atoms with Crippen LogP contribution in [0.15, 0.2) is 27.5 Å². The monoisotopic (exact) mass is 432 g/mol. The molecule has 2 aliphatic rings. The highest BCUT2D eigenvalue weighted by atomic mass is 32.2. The van der Waals surface area contributed by atoms with Crippen molar-refractivity contribution < 1.29 is 17.6 Å². The van der Waals surface area contributed by atoms with Gasteiger partial charge in [0.25, 0.3) is 5.91 Å². The van der Waals surface area contributed by atoms with E-state index in [9.17, 15) is 13.2 Å². The van der Waals surface area contributed by atoms with Crippen LogP contribution in [0.5, 0.6) is 0 Å². The van der Waals surface area contributed by atoms with Crippen LogP contribution >= 0.6 is 0 Å². The molecule has 1 aromatic carbocycles. The van der Waals surface area contributed by atoms with Crippen LogP contribution in [-0.4, -0.2) is 37.8 Å². The first-order valence-corrected chi connectivity index (χ1v) is 12.6. The van der Waals surface area contributed by atoms with E-state index in [1.54, 1.807) is 22.5 Å². The van der Waals surface area contributed by atoms with Gasteiger partial charge in [-0.1, -0.05) is 26.7 Å². The summed E-state index contributed by atoms with van der Waals surface area (Å²) in [4.78, 5) is 13.1. The molecule has 2 aromatic rings. The highest BCUT2D eigenvalue weighted by molar-refractivity contribution is 7.89. The summed E-state index contributed by atoms with van der Waals surface area (Å²) in [5, 5.41) is 3.81. The van der Waals surface area contributed by atoms with E-state index in [2.05, 4.69) is 19.2 Å². The summed E-state index contributed by atoms with van der Waals surface area (Å²) >= 11 is 0. The number of nitrogens with one attached hydrogen (secondary N) is 1. The lowest BCUT2D eigenvalue weighted by atomic mass is 9.86. The maximum atomic E-state index is 13.1. The van der Waals surface area contributed by atoms with Gasteiger partial charge in [0.2, 0.25) is 10.0 Å². The molecule has 0 spiro atoms. The van der Waals surface area contributed by atoms with Gasteiger partial charge < -0.3 is 9.73 Å². The van der Waals surface area contributed by atoms with Gasteiger partial charge in [0, 0.05) is 30.1 Å². The van der Waals surface area contributed by atoms with E-state index in [-0.39, 0.29) is 22.6 Å². The number of amides is 1. The largest absolute Gasteiger partial charge is 0.451 e. The summed E-state index contributed by atoms with van der Waals surface area (Å²) < 4.78 is 33.6. The molecule has 30 heavy (non-hydrogen) atoms. The van der Waals surface area contributed by atoms with E-state index in [1.165, 1.54) is 6.42 Å². The lowest BCUT2D eigenvalue weighted by Gasteiger charge is -2.29. The molecule has 1 aliphatic carbocycles. The molecule has 1 amide bonds. The highest BCUT2D eigenvalue weighted by Crippen LogP contribution is 2.31. The molecular weight excluding hydrogens is 400 g/mol. The maximum absolute atomic E-state index is 13.1. The van der Waals surface area contributed by atoms with Crippen molar-refractivity contribution >= 4 is 26.9 Å². The van der Waals surface area contributed by atoms with E-state index >= 15 is 0 Å². The number of hydrogen-bond donors (Lipinski definition) is 1. The predicted octanol–water partition coefficient (Wildman–Crippen LogP) is 4.47. The van der Waals surface area contributed by atoms with Crippen LogP contribution in [0.3, 0.4) is 0 Å². The minimum absolute atomic E-state index is 0.163. The Balaban J connectivity index is 1.59. The Labute approximate surface area is 179 Å². The van der Waals surface area contributed by atoms with E-state index in [0.29, 0.717) is 41.5 Å². The second-order valence-electron chi connectivity index (χ2n) is 9.14. The topological polar surface area (TPSA) is 79.6 Å². The lowest BCUT2D eigenvalue weighted by Crippen LogP contribution is -2.41.